The molecule has 11 heavy (non-hydrogen) atoms. The van der Waals surface area contributed by atoms with Gasteiger partial charge in [0.2, 0.25) is 0 Å². The molecule has 0 bridgehead atoms. The van der Waals surface area contributed by atoms with E-state index in [9.17, 15) is 4.79 Å². The van der Waals surface area contributed by atoms with Gasteiger partial charge in [0.05, 0.1) is 0 Å². The van der Waals surface area contributed by atoms with Crippen molar-refractivity contribution in [3.8, 4) is 5.75 Å². The van der Waals surface area contributed by atoms with E-state index in [4.69, 9.17) is 16.3 Å². The summed E-state index contributed by atoms with van der Waals surface area (Å²) >= 11 is 5.61. The molecule has 1 aromatic rings. The van der Waals surface area contributed by atoms with Crippen molar-refractivity contribution in [2.75, 3.05) is 0 Å². The van der Waals surface area contributed by atoms with E-state index >= 15 is 0 Å². The van der Waals surface area contributed by atoms with Gasteiger partial charge in [0.15, 0.2) is 0 Å². The van der Waals surface area contributed by atoms with Gasteiger partial charge in [0.25, 0.3) is 0 Å². The number of hydrogen-bond acceptors (Lipinski definition) is 2. The van der Waals surface area contributed by atoms with Crippen LogP contribution in [-0.2, 0) is 4.79 Å². The number of rotatable bonds is 1. The maximum absolute atomic E-state index is 10.4. The fraction of sp³-hybridized carbons (Fsp3) is 0.125. The molecule has 0 aliphatic heterocycles. The molecular weight excluding hydrogens is 164 g/mol. The first kappa shape index (κ1) is 8.08. The largest absolute Gasteiger partial charge is 0.427 e. The highest BCUT2D eigenvalue weighted by molar-refractivity contribution is 6.30. The van der Waals surface area contributed by atoms with Crippen LogP contribution in [0, 0.1) is 6.07 Å². The lowest BCUT2D eigenvalue weighted by Crippen LogP contribution is -2.00. The molecule has 0 N–H and O–H groups in total. The molecule has 1 aromatic carbocycles. The Hall–Kier alpha value is -1.02. The maximum atomic E-state index is 10.4. The molecule has 0 aromatic heterocycles. The number of hydrogen-bond donors (Lipinski definition) is 0. The highest BCUT2D eigenvalue weighted by Crippen LogP contribution is 2.16. The van der Waals surface area contributed by atoms with Gasteiger partial charge in [-0.25, -0.2) is 0 Å². The van der Waals surface area contributed by atoms with Gasteiger partial charge in [-0.1, -0.05) is 11.6 Å². The zero-order valence-corrected chi connectivity index (χ0v) is 6.68. The van der Waals surface area contributed by atoms with Gasteiger partial charge in [-0.15, -0.1) is 0 Å². The van der Waals surface area contributed by atoms with Crippen molar-refractivity contribution >= 4 is 17.6 Å². The van der Waals surface area contributed by atoms with Gasteiger partial charge in [-0.05, 0) is 24.3 Å². The number of esters is 1. The molecule has 1 rings (SSSR count). The van der Waals surface area contributed by atoms with E-state index in [1.807, 2.05) is 0 Å². The van der Waals surface area contributed by atoms with E-state index in [0.29, 0.717) is 10.8 Å². The second-order valence-corrected chi connectivity index (χ2v) is 2.42. The summed E-state index contributed by atoms with van der Waals surface area (Å²) in [5.74, 6) is 0.0608. The first-order valence-corrected chi connectivity index (χ1v) is 3.41. The highest BCUT2D eigenvalue weighted by atomic mass is 35.5. The van der Waals surface area contributed by atoms with Crippen molar-refractivity contribution in [1.29, 1.82) is 0 Å². The van der Waals surface area contributed by atoms with Crippen molar-refractivity contribution < 1.29 is 9.53 Å². The summed E-state index contributed by atoms with van der Waals surface area (Å²) in [5, 5.41) is 0.503. The first-order valence-electron chi connectivity index (χ1n) is 3.03. The minimum absolute atomic E-state index is 0.360. The van der Waals surface area contributed by atoms with E-state index in [1.165, 1.54) is 6.92 Å². The molecule has 1 radical (unpaired) electrons. The molecule has 0 spiro atoms. The second-order valence-electron chi connectivity index (χ2n) is 1.98. The Labute approximate surface area is 69.7 Å². The zero-order chi connectivity index (χ0) is 8.27. The quantitative estimate of drug-likeness (QED) is 0.475. The maximum Gasteiger partial charge on any atom is 0.308 e. The van der Waals surface area contributed by atoms with Crippen LogP contribution in [0.15, 0.2) is 18.2 Å². The molecule has 0 aliphatic carbocycles. The van der Waals surface area contributed by atoms with Crippen LogP contribution in [0.1, 0.15) is 6.92 Å². The number of benzene rings is 1. The van der Waals surface area contributed by atoms with Crippen LogP contribution in [0.25, 0.3) is 0 Å². The van der Waals surface area contributed by atoms with Crippen LogP contribution in [0.2, 0.25) is 5.02 Å². The Morgan fingerprint density at radius 2 is 2.36 bits per heavy atom. The predicted molar refractivity (Wildman–Crippen MR) is 41.6 cm³/mol. The molecule has 0 saturated carbocycles. The number of carbonyl (C=O) groups is 1. The third-order valence-electron chi connectivity index (χ3n) is 0.989. The van der Waals surface area contributed by atoms with Crippen molar-refractivity contribution in [2.45, 2.75) is 6.92 Å². The lowest BCUT2D eigenvalue weighted by Gasteiger charge is -1.99. The number of halogens is 1. The summed E-state index contributed by atoms with van der Waals surface area (Å²) < 4.78 is 4.74. The number of carbonyl (C=O) groups excluding carboxylic acids is 1. The van der Waals surface area contributed by atoms with Crippen LogP contribution >= 0.6 is 11.6 Å². The smallest absolute Gasteiger partial charge is 0.308 e. The van der Waals surface area contributed by atoms with E-state index < -0.39 is 0 Å². The SMILES string of the molecule is CC(=O)Oc1c[c]cc(Cl)c1. The predicted octanol–water partition coefficient (Wildman–Crippen LogP) is 2.07. The van der Waals surface area contributed by atoms with Crippen molar-refractivity contribution in [2.24, 2.45) is 0 Å². The summed E-state index contributed by atoms with van der Waals surface area (Å²) in [6.07, 6.45) is 0. The second kappa shape index (κ2) is 3.39. The molecular formula is C8H6ClO2. The average molecular weight is 170 g/mol. The molecule has 0 fully saturated rings. The molecule has 0 unspecified atom stereocenters. The summed E-state index contributed by atoms with van der Waals surface area (Å²) in [6, 6.07) is 7.42. The van der Waals surface area contributed by atoms with E-state index in [2.05, 4.69) is 6.07 Å². The Morgan fingerprint density at radius 1 is 1.64 bits per heavy atom. The summed E-state index contributed by atoms with van der Waals surface area (Å²) in [6.45, 7) is 1.33. The van der Waals surface area contributed by atoms with Crippen LogP contribution < -0.4 is 4.74 Å². The van der Waals surface area contributed by atoms with Crippen LogP contribution in [-0.4, -0.2) is 5.97 Å². The summed E-state index contributed by atoms with van der Waals surface area (Å²) in [4.78, 5) is 10.4. The Balaban J connectivity index is 2.79. The first-order chi connectivity index (χ1) is 5.18. The lowest BCUT2D eigenvalue weighted by atomic mass is 10.3. The van der Waals surface area contributed by atoms with E-state index in [0.717, 1.165) is 0 Å². The Morgan fingerprint density at radius 3 is 2.91 bits per heavy atom. The van der Waals surface area contributed by atoms with Gasteiger partial charge in [-0.2, -0.15) is 0 Å². The normalized spacial score (nSPS) is 9.27. The fourth-order valence-electron chi connectivity index (χ4n) is 0.648. The van der Waals surface area contributed by atoms with Gasteiger partial charge in [0.1, 0.15) is 5.75 Å². The topological polar surface area (TPSA) is 26.3 Å². The monoisotopic (exact) mass is 169 g/mol. The van der Waals surface area contributed by atoms with Crippen LogP contribution in [0.4, 0.5) is 0 Å². The molecule has 0 amide bonds. The Bertz CT molecular complexity index is 271. The van der Waals surface area contributed by atoms with Gasteiger partial charge in [0, 0.05) is 11.9 Å². The zero-order valence-electron chi connectivity index (χ0n) is 5.93. The molecule has 3 heteroatoms. The Kier molecular flexibility index (Phi) is 2.49. The van der Waals surface area contributed by atoms with E-state index in [1.54, 1.807) is 18.2 Å². The minimum atomic E-state index is -0.360. The van der Waals surface area contributed by atoms with Crippen molar-refractivity contribution in [3.05, 3.63) is 29.3 Å². The summed E-state index contributed by atoms with van der Waals surface area (Å²) in [5.41, 5.74) is 0. The lowest BCUT2D eigenvalue weighted by molar-refractivity contribution is -0.131. The van der Waals surface area contributed by atoms with Crippen molar-refractivity contribution in [1.82, 2.24) is 0 Å². The van der Waals surface area contributed by atoms with E-state index in [-0.39, 0.29) is 5.97 Å². The van der Waals surface area contributed by atoms with Gasteiger partial charge in [-0.3, -0.25) is 4.79 Å². The average Bonchev–Trinajstić information content (AvgIpc) is 1.85. The molecule has 0 aliphatic rings. The van der Waals surface area contributed by atoms with Crippen LogP contribution in [0.5, 0.6) is 5.75 Å². The van der Waals surface area contributed by atoms with Gasteiger partial charge >= 0.3 is 5.97 Å². The molecule has 2 nitrogen and oxygen atoms in total. The highest BCUT2D eigenvalue weighted by Gasteiger charge is 1.96. The molecule has 0 heterocycles. The minimum Gasteiger partial charge on any atom is -0.427 e. The van der Waals surface area contributed by atoms with Crippen molar-refractivity contribution in [3.63, 3.8) is 0 Å². The molecule has 0 atom stereocenters. The van der Waals surface area contributed by atoms with Crippen LogP contribution in [0.3, 0.4) is 0 Å². The third-order valence-corrected chi connectivity index (χ3v) is 1.21. The standard InChI is InChI=1S/C8H6ClO2/c1-6(10)11-8-4-2-3-7(9)5-8/h3-5H,1H3. The van der Waals surface area contributed by atoms with Gasteiger partial charge < -0.3 is 4.74 Å². The number of ether oxygens (including phenoxy) is 1. The molecule has 57 valence electrons. The summed E-state index contributed by atoms with van der Waals surface area (Å²) in [7, 11) is 0. The fourth-order valence-corrected chi connectivity index (χ4v) is 0.818. The molecule has 0 saturated heterocycles. The third kappa shape index (κ3) is 2.60.